The van der Waals surface area contributed by atoms with Crippen molar-refractivity contribution in [3.05, 3.63) is 34.9 Å². The van der Waals surface area contributed by atoms with Crippen LogP contribution < -0.4 is 21.7 Å². The summed E-state index contributed by atoms with van der Waals surface area (Å²) in [7, 11) is 3.75. The van der Waals surface area contributed by atoms with Crippen molar-refractivity contribution in [2.24, 2.45) is 5.73 Å². The molecule has 0 aliphatic heterocycles. The Morgan fingerprint density at radius 1 is 0.917 bits per heavy atom. The van der Waals surface area contributed by atoms with Gasteiger partial charge in [0.1, 0.15) is 12.1 Å². The maximum Gasteiger partial charge on any atom is 0.327 e. The number of carboxylic acid groups (broad SMARTS) is 1. The molecule has 0 saturated heterocycles. The average Bonchev–Trinajstić information content (AvgIpc) is 2.78. The number of primary amides is 1. The predicted molar refractivity (Wildman–Crippen MR) is 149 cm³/mol. The number of hydrogen-bond acceptors (Lipinski definition) is 6. The third-order valence-corrected chi connectivity index (χ3v) is 5.83. The number of carboxylic acids is 1. The summed E-state index contributed by atoms with van der Waals surface area (Å²) < 4.78 is 0. The standard InChI is InChI=1S/C24H39N3O5S.C2H7N/c1-17(2)7-5-8-18(3)9-6-10-19(4)13-14-33-15-21(24(31)32)27-22(29)12-11-20(23(25)30)26-16-28;1-3-2/h7,9,13,16,20-21H,5-6,8,10-12,14-15H2,1-4H3,(H2,25,30)(H,26,28)(H,27,29)(H,31,32);3H,1-2H3/b18-9+,19-13+;. The smallest absolute Gasteiger partial charge is 0.327 e. The molecule has 10 heteroatoms. The van der Waals surface area contributed by atoms with Crippen LogP contribution in [-0.4, -0.2) is 67.0 Å². The fraction of sp³-hybridized carbons (Fsp3) is 0.615. The van der Waals surface area contributed by atoms with E-state index in [4.69, 9.17) is 5.73 Å². The molecule has 0 bridgehead atoms. The second-order valence-corrected chi connectivity index (χ2v) is 9.81. The average molecular weight is 527 g/mol. The molecule has 0 aliphatic carbocycles. The summed E-state index contributed by atoms with van der Waals surface area (Å²) >= 11 is 1.42. The molecule has 36 heavy (non-hydrogen) atoms. The molecule has 2 unspecified atom stereocenters. The number of allylic oxidation sites excluding steroid dienone is 5. The quantitative estimate of drug-likeness (QED) is 0.105. The number of carbonyl (C=O) groups is 4. The number of aliphatic carboxylic acids is 1. The lowest BCUT2D eigenvalue weighted by Crippen LogP contribution is -2.44. The van der Waals surface area contributed by atoms with Crippen molar-refractivity contribution in [3.63, 3.8) is 0 Å². The molecule has 6 N–H and O–H groups in total. The van der Waals surface area contributed by atoms with Crippen LogP contribution in [0.15, 0.2) is 34.9 Å². The molecular formula is C26H46N4O5S. The van der Waals surface area contributed by atoms with Crippen LogP contribution in [-0.2, 0) is 19.2 Å². The fourth-order valence-corrected chi connectivity index (χ4v) is 3.83. The van der Waals surface area contributed by atoms with Gasteiger partial charge in [-0.25, -0.2) is 4.79 Å². The van der Waals surface area contributed by atoms with Crippen molar-refractivity contribution >= 4 is 36.0 Å². The summed E-state index contributed by atoms with van der Waals surface area (Å²) in [5, 5.41) is 16.8. The number of carbonyl (C=O) groups excluding carboxylic acids is 3. The zero-order valence-corrected chi connectivity index (χ0v) is 23.5. The molecule has 9 nitrogen and oxygen atoms in total. The van der Waals surface area contributed by atoms with Gasteiger partial charge in [0.05, 0.1) is 0 Å². The normalized spacial score (nSPS) is 12.9. The Balaban J connectivity index is 0. The van der Waals surface area contributed by atoms with Gasteiger partial charge in [-0.15, -0.1) is 0 Å². The van der Waals surface area contributed by atoms with Crippen LogP contribution in [0.4, 0.5) is 0 Å². The van der Waals surface area contributed by atoms with Crippen molar-refractivity contribution in [1.29, 1.82) is 0 Å². The molecule has 0 heterocycles. The Morgan fingerprint density at radius 3 is 1.97 bits per heavy atom. The minimum Gasteiger partial charge on any atom is -0.480 e. The highest BCUT2D eigenvalue weighted by atomic mass is 32.2. The second-order valence-electron chi connectivity index (χ2n) is 8.73. The van der Waals surface area contributed by atoms with E-state index in [0.29, 0.717) is 12.2 Å². The first kappa shape index (κ1) is 35.6. The Bertz CT molecular complexity index is 761. The second kappa shape index (κ2) is 22.8. The highest BCUT2D eigenvalue weighted by molar-refractivity contribution is 7.99. The van der Waals surface area contributed by atoms with Gasteiger partial charge in [-0.05, 0) is 73.9 Å². The summed E-state index contributed by atoms with van der Waals surface area (Å²) in [6, 6.07) is -2.00. The molecule has 0 fully saturated rings. The van der Waals surface area contributed by atoms with E-state index in [-0.39, 0.29) is 18.6 Å². The van der Waals surface area contributed by atoms with Gasteiger partial charge in [0.2, 0.25) is 18.2 Å². The van der Waals surface area contributed by atoms with Crippen LogP contribution in [0.2, 0.25) is 0 Å². The molecule has 0 aromatic rings. The number of hydrogen-bond donors (Lipinski definition) is 5. The molecule has 3 amide bonds. The van der Waals surface area contributed by atoms with Crippen molar-refractivity contribution in [3.8, 4) is 0 Å². The highest BCUT2D eigenvalue weighted by Gasteiger charge is 2.21. The summed E-state index contributed by atoms with van der Waals surface area (Å²) in [6.45, 7) is 8.43. The van der Waals surface area contributed by atoms with Gasteiger partial charge < -0.3 is 26.8 Å². The highest BCUT2D eigenvalue weighted by Crippen LogP contribution is 2.13. The molecule has 0 aliphatic rings. The van der Waals surface area contributed by atoms with Crippen molar-refractivity contribution < 1.29 is 24.3 Å². The Hall–Kier alpha value is -2.59. The number of amides is 3. The molecule has 206 valence electrons. The maximum atomic E-state index is 12.0. The van der Waals surface area contributed by atoms with Crippen LogP contribution in [0, 0.1) is 0 Å². The number of nitrogens with one attached hydrogen (secondary N) is 3. The summed E-state index contributed by atoms with van der Waals surface area (Å²) in [6.07, 6.45) is 10.9. The molecule has 0 saturated carbocycles. The summed E-state index contributed by atoms with van der Waals surface area (Å²) in [5.41, 5.74) is 9.11. The monoisotopic (exact) mass is 526 g/mol. The summed E-state index contributed by atoms with van der Waals surface area (Å²) in [4.78, 5) is 45.1. The molecular weight excluding hydrogens is 480 g/mol. The van der Waals surface area contributed by atoms with Crippen molar-refractivity contribution in [2.75, 3.05) is 25.6 Å². The van der Waals surface area contributed by atoms with E-state index in [2.05, 4.69) is 61.9 Å². The zero-order valence-electron chi connectivity index (χ0n) is 22.7. The van der Waals surface area contributed by atoms with Gasteiger partial charge in [0, 0.05) is 17.9 Å². The third kappa shape index (κ3) is 21.9. The van der Waals surface area contributed by atoms with Crippen molar-refractivity contribution in [2.45, 2.75) is 78.3 Å². The molecule has 0 radical (unpaired) electrons. The van der Waals surface area contributed by atoms with Gasteiger partial charge in [-0.3, -0.25) is 14.4 Å². The van der Waals surface area contributed by atoms with Crippen LogP contribution in [0.25, 0.3) is 0 Å². The van der Waals surface area contributed by atoms with Crippen LogP contribution in [0.3, 0.4) is 0 Å². The fourth-order valence-electron chi connectivity index (χ4n) is 2.83. The van der Waals surface area contributed by atoms with E-state index in [9.17, 15) is 24.3 Å². The molecule has 0 spiro atoms. The largest absolute Gasteiger partial charge is 0.480 e. The first-order valence-electron chi connectivity index (χ1n) is 12.1. The van der Waals surface area contributed by atoms with E-state index in [0.717, 1.165) is 25.7 Å². The SMILES string of the molecule is CC(C)=CCC/C(C)=C/CC/C(C)=C/CSCC(NC(=O)CCC(NC=O)C(N)=O)C(=O)O.CNC. The van der Waals surface area contributed by atoms with Gasteiger partial charge >= 0.3 is 5.97 Å². The first-order chi connectivity index (χ1) is 17.0. The van der Waals surface area contributed by atoms with Crippen molar-refractivity contribution in [1.82, 2.24) is 16.0 Å². The van der Waals surface area contributed by atoms with E-state index >= 15 is 0 Å². The van der Waals surface area contributed by atoms with Gasteiger partial charge in [-0.2, -0.15) is 11.8 Å². The molecule has 0 rings (SSSR count). The van der Waals surface area contributed by atoms with Crippen LogP contribution in [0.1, 0.15) is 66.2 Å². The number of rotatable bonds is 18. The van der Waals surface area contributed by atoms with E-state index in [1.165, 1.54) is 28.5 Å². The van der Waals surface area contributed by atoms with Crippen LogP contribution >= 0.6 is 11.8 Å². The first-order valence-corrected chi connectivity index (χ1v) is 13.3. The van der Waals surface area contributed by atoms with Gasteiger partial charge in [-0.1, -0.05) is 34.9 Å². The topological polar surface area (TPSA) is 151 Å². The van der Waals surface area contributed by atoms with Gasteiger partial charge in [0.25, 0.3) is 0 Å². The Labute approximate surface area is 220 Å². The minimum atomic E-state index is -1.12. The molecule has 0 aromatic carbocycles. The van der Waals surface area contributed by atoms with E-state index in [1.807, 2.05) is 14.1 Å². The third-order valence-electron chi connectivity index (χ3n) is 4.86. The number of nitrogens with two attached hydrogens (primary N) is 1. The van der Waals surface area contributed by atoms with E-state index in [1.54, 1.807) is 0 Å². The summed E-state index contributed by atoms with van der Waals surface area (Å²) in [5.74, 6) is -1.51. The van der Waals surface area contributed by atoms with E-state index < -0.39 is 29.9 Å². The molecule has 0 aromatic heterocycles. The maximum absolute atomic E-state index is 12.0. The minimum absolute atomic E-state index is 0.00415. The molecule has 2 atom stereocenters. The Kier molecular flexibility index (Phi) is 22.6. The van der Waals surface area contributed by atoms with Crippen LogP contribution in [0.5, 0.6) is 0 Å². The lowest BCUT2D eigenvalue weighted by molar-refractivity contribution is -0.141. The van der Waals surface area contributed by atoms with Gasteiger partial charge in [0.15, 0.2) is 0 Å². The zero-order chi connectivity index (χ0) is 27.9. The predicted octanol–water partition coefficient (Wildman–Crippen LogP) is 2.92. The lowest BCUT2D eigenvalue weighted by atomic mass is 10.1. The lowest BCUT2D eigenvalue weighted by Gasteiger charge is -2.15. The Morgan fingerprint density at radius 2 is 1.47 bits per heavy atom. The number of thioether (sulfide) groups is 1.